The van der Waals surface area contributed by atoms with E-state index in [0.29, 0.717) is 0 Å². The number of carboxylic acid groups (broad SMARTS) is 1. The first-order valence-corrected chi connectivity index (χ1v) is 3.48. The minimum atomic E-state index is -1.07. The van der Waals surface area contributed by atoms with Crippen molar-refractivity contribution >= 4 is 5.97 Å². The highest BCUT2D eigenvalue weighted by Crippen LogP contribution is 1.91. The molecule has 0 aromatic carbocycles. The molecule has 5 nitrogen and oxygen atoms in total. The van der Waals surface area contributed by atoms with Crippen LogP contribution in [-0.4, -0.2) is 25.2 Å². The molecule has 6 N–H and O–H groups in total. The topological polar surface area (TPSA) is 101 Å². The van der Waals surface area contributed by atoms with Crippen LogP contribution >= 0.6 is 0 Å². The molecular formula is C6H15N3O2. The van der Waals surface area contributed by atoms with Crippen molar-refractivity contribution in [1.29, 1.82) is 0 Å². The molecule has 0 aliphatic carbocycles. The van der Waals surface area contributed by atoms with E-state index in [1.807, 2.05) is 0 Å². The lowest BCUT2D eigenvalue weighted by atomic mass is 10.3. The molecule has 0 saturated carbocycles. The van der Waals surface area contributed by atoms with Crippen LogP contribution in [0.5, 0.6) is 0 Å². The van der Waals surface area contributed by atoms with Crippen molar-refractivity contribution in [2.75, 3.05) is 13.1 Å². The largest absolute Gasteiger partial charge is 0.547 e. The van der Waals surface area contributed by atoms with Gasteiger partial charge in [-0.25, -0.2) is 0 Å². The molecular weight excluding hydrogens is 146 g/mol. The maximum atomic E-state index is 10.3. The predicted molar refractivity (Wildman–Crippen MR) is 40.0 cm³/mol. The van der Waals surface area contributed by atoms with Crippen LogP contribution in [-0.2, 0) is 4.79 Å². The van der Waals surface area contributed by atoms with Gasteiger partial charge in [0.1, 0.15) is 0 Å². The summed E-state index contributed by atoms with van der Waals surface area (Å²) in [6.45, 7) is 1.51. The number of carbonyl (C=O) groups excluding carboxylic acids is 1. The number of quaternary nitrogens is 1. The molecule has 0 bridgehead atoms. The average molecular weight is 161 g/mol. The number of rotatable bonds is 1. The zero-order valence-corrected chi connectivity index (χ0v) is 6.72. The number of aliphatic carboxylic acids is 1. The molecule has 1 saturated heterocycles. The van der Waals surface area contributed by atoms with E-state index in [1.54, 1.807) is 0 Å². The molecule has 0 aromatic rings. The summed E-state index contributed by atoms with van der Waals surface area (Å²) in [6, 6.07) is 0. The van der Waals surface area contributed by atoms with E-state index < -0.39 is 12.1 Å². The van der Waals surface area contributed by atoms with Gasteiger partial charge in [0.05, 0.1) is 12.1 Å². The zero-order chi connectivity index (χ0) is 7.40. The molecule has 0 amide bonds. The van der Waals surface area contributed by atoms with Gasteiger partial charge in [-0.1, -0.05) is 0 Å². The Bertz CT molecular complexity index is 121. The number of carbonyl (C=O) groups is 1. The zero-order valence-electron chi connectivity index (χ0n) is 6.72. The highest BCUT2D eigenvalue weighted by atomic mass is 16.4. The lowest BCUT2D eigenvalue weighted by Gasteiger charge is -2.17. The summed E-state index contributed by atoms with van der Waals surface area (Å²) >= 11 is 0. The molecule has 0 spiro atoms. The summed E-state index contributed by atoms with van der Waals surface area (Å²) < 4.78 is 0. The number of hydrogen-bond acceptors (Lipinski definition) is 4. The third-order valence-corrected chi connectivity index (χ3v) is 1.54. The van der Waals surface area contributed by atoms with Gasteiger partial charge in [-0.3, -0.25) is 10.6 Å². The fraction of sp³-hybridized carbons (Fsp3) is 0.833. The maximum absolute atomic E-state index is 10.3. The highest BCUT2D eigenvalue weighted by Gasteiger charge is 2.09. The minimum absolute atomic E-state index is 0. The molecule has 5 heteroatoms. The molecule has 0 aromatic heterocycles. The SMILES string of the molecule is O=C([O-])C1NCCCCN1.[NH4+]. The van der Waals surface area contributed by atoms with Gasteiger partial charge in [0.2, 0.25) is 0 Å². The van der Waals surface area contributed by atoms with Gasteiger partial charge in [-0.2, -0.15) is 0 Å². The van der Waals surface area contributed by atoms with E-state index in [-0.39, 0.29) is 6.15 Å². The number of hydrogen-bond donors (Lipinski definition) is 3. The Labute approximate surface area is 65.7 Å². The molecule has 1 heterocycles. The van der Waals surface area contributed by atoms with Crippen LogP contribution in [0.3, 0.4) is 0 Å². The Morgan fingerprint density at radius 2 is 1.73 bits per heavy atom. The van der Waals surface area contributed by atoms with Crippen molar-refractivity contribution in [2.24, 2.45) is 0 Å². The Morgan fingerprint density at radius 1 is 1.27 bits per heavy atom. The van der Waals surface area contributed by atoms with Crippen LogP contribution in [0, 0.1) is 0 Å². The van der Waals surface area contributed by atoms with E-state index in [4.69, 9.17) is 0 Å². The van der Waals surface area contributed by atoms with Crippen LogP contribution in [0.25, 0.3) is 0 Å². The molecule has 0 atom stereocenters. The third-order valence-electron chi connectivity index (χ3n) is 1.54. The molecule has 11 heavy (non-hydrogen) atoms. The first-order chi connectivity index (χ1) is 4.80. The van der Waals surface area contributed by atoms with Crippen molar-refractivity contribution in [1.82, 2.24) is 16.8 Å². The monoisotopic (exact) mass is 161 g/mol. The average Bonchev–Trinajstić information content (AvgIpc) is 2.12. The van der Waals surface area contributed by atoms with Gasteiger partial charge in [0.25, 0.3) is 0 Å². The Hall–Kier alpha value is -0.650. The molecule has 66 valence electrons. The van der Waals surface area contributed by atoms with Crippen molar-refractivity contribution in [3.05, 3.63) is 0 Å². The van der Waals surface area contributed by atoms with Gasteiger partial charge in [0.15, 0.2) is 0 Å². The summed E-state index contributed by atoms with van der Waals surface area (Å²) in [5, 5.41) is 15.9. The summed E-state index contributed by atoms with van der Waals surface area (Å²) in [4.78, 5) is 10.3. The standard InChI is InChI=1S/C6H12N2O2.H3N/c9-6(10)5-7-3-1-2-4-8-5;/h5,7-8H,1-4H2,(H,9,10);1H3. The molecule has 0 unspecified atom stereocenters. The van der Waals surface area contributed by atoms with Crippen LogP contribution in [0.15, 0.2) is 0 Å². The quantitative estimate of drug-likeness (QED) is 0.431. The van der Waals surface area contributed by atoms with Crippen LogP contribution in [0.1, 0.15) is 12.8 Å². The predicted octanol–water partition coefficient (Wildman–Crippen LogP) is -1.59. The molecule has 1 fully saturated rings. The fourth-order valence-electron chi connectivity index (χ4n) is 0.982. The fourth-order valence-corrected chi connectivity index (χ4v) is 0.982. The van der Waals surface area contributed by atoms with Gasteiger partial charge in [-0.05, 0) is 25.9 Å². The first kappa shape index (κ1) is 10.3. The van der Waals surface area contributed by atoms with E-state index in [0.717, 1.165) is 25.9 Å². The normalized spacial score (nSPS) is 20.0. The van der Waals surface area contributed by atoms with Crippen molar-refractivity contribution in [3.8, 4) is 0 Å². The summed E-state index contributed by atoms with van der Waals surface area (Å²) in [5.41, 5.74) is 0. The van der Waals surface area contributed by atoms with Gasteiger partial charge in [-0.15, -0.1) is 0 Å². The van der Waals surface area contributed by atoms with Gasteiger partial charge in [0, 0.05) is 0 Å². The Balaban J connectivity index is 0.000001000. The smallest absolute Gasteiger partial charge is 0.0983 e. The van der Waals surface area contributed by atoms with E-state index >= 15 is 0 Å². The van der Waals surface area contributed by atoms with Gasteiger partial charge < -0.3 is 16.1 Å². The number of carboxylic acids is 1. The molecule has 1 aliphatic rings. The van der Waals surface area contributed by atoms with Crippen LogP contribution in [0.4, 0.5) is 0 Å². The first-order valence-electron chi connectivity index (χ1n) is 3.48. The lowest BCUT2D eigenvalue weighted by molar-refractivity contribution is -0.309. The minimum Gasteiger partial charge on any atom is -0.547 e. The van der Waals surface area contributed by atoms with Crippen molar-refractivity contribution < 1.29 is 9.90 Å². The number of nitrogens with one attached hydrogen (secondary N) is 2. The van der Waals surface area contributed by atoms with Crippen LogP contribution < -0.4 is 21.9 Å². The van der Waals surface area contributed by atoms with E-state index in [2.05, 4.69) is 10.6 Å². The van der Waals surface area contributed by atoms with E-state index in [9.17, 15) is 9.90 Å². The lowest BCUT2D eigenvalue weighted by Crippen LogP contribution is -2.53. The van der Waals surface area contributed by atoms with Crippen molar-refractivity contribution in [2.45, 2.75) is 19.0 Å². The second-order valence-corrected chi connectivity index (χ2v) is 2.37. The highest BCUT2D eigenvalue weighted by molar-refractivity contribution is 5.70. The maximum Gasteiger partial charge on any atom is 0.0983 e. The van der Waals surface area contributed by atoms with Gasteiger partial charge >= 0.3 is 0 Å². The van der Waals surface area contributed by atoms with Crippen LogP contribution in [0.2, 0.25) is 0 Å². The summed E-state index contributed by atoms with van der Waals surface area (Å²) in [6.07, 6.45) is 1.40. The van der Waals surface area contributed by atoms with E-state index in [1.165, 1.54) is 0 Å². The second kappa shape index (κ2) is 5.06. The summed E-state index contributed by atoms with van der Waals surface area (Å²) in [7, 11) is 0. The molecule has 0 radical (unpaired) electrons. The summed E-state index contributed by atoms with van der Waals surface area (Å²) in [5.74, 6) is -1.07. The Morgan fingerprint density at radius 3 is 2.09 bits per heavy atom. The second-order valence-electron chi connectivity index (χ2n) is 2.37. The third kappa shape index (κ3) is 3.31. The molecule has 1 aliphatic heterocycles. The Kier molecular flexibility index (Phi) is 4.76. The van der Waals surface area contributed by atoms with Crippen molar-refractivity contribution in [3.63, 3.8) is 0 Å². The molecule has 1 rings (SSSR count).